The van der Waals surface area contributed by atoms with Gasteiger partial charge in [-0.25, -0.2) is 0 Å². The minimum absolute atomic E-state index is 0.0459. The summed E-state index contributed by atoms with van der Waals surface area (Å²) in [6.07, 6.45) is 0. The van der Waals surface area contributed by atoms with Gasteiger partial charge in [0.25, 0.3) is 0 Å². The van der Waals surface area contributed by atoms with Crippen molar-refractivity contribution in [1.29, 1.82) is 0 Å². The fourth-order valence-corrected chi connectivity index (χ4v) is 1.97. The molecule has 2 aromatic rings. The highest BCUT2D eigenvalue weighted by atomic mass is 16.5. The van der Waals surface area contributed by atoms with E-state index in [-0.39, 0.29) is 6.04 Å². The van der Waals surface area contributed by atoms with E-state index in [4.69, 9.17) is 4.74 Å². The van der Waals surface area contributed by atoms with Crippen molar-refractivity contribution < 1.29 is 4.74 Å². The molecule has 1 unspecified atom stereocenters. The van der Waals surface area contributed by atoms with E-state index in [1.807, 2.05) is 31.3 Å². The Kier molecular flexibility index (Phi) is 3.89. The zero-order chi connectivity index (χ0) is 13.0. The van der Waals surface area contributed by atoms with E-state index in [1.165, 1.54) is 11.1 Å². The molecule has 0 bridgehead atoms. The molecule has 0 spiro atoms. The maximum atomic E-state index is 5.02. The number of hydrogen-bond donors (Lipinski definition) is 1. The lowest BCUT2D eigenvalue weighted by Crippen LogP contribution is -2.20. The van der Waals surface area contributed by atoms with Crippen molar-refractivity contribution in [2.75, 3.05) is 14.2 Å². The quantitative estimate of drug-likeness (QED) is 0.893. The third-order valence-corrected chi connectivity index (χ3v) is 2.95. The molecule has 0 amide bonds. The first-order valence-corrected chi connectivity index (χ1v) is 5.86. The maximum Gasteiger partial charge on any atom is 0.233 e. The van der Waals surface area contributed by atoms with Gasteiger partial charge in [-0.05, 0) is 31.2 Å². The molecule has 0 fully saturated rings. The summed E-state index contributed by atoms with van der Waals surface area (Å²) < 4.78 is 5.02. The van der Waals surface area contributed by atoms with Crippen LogP contribution in [0.5, 0.6) is 5.88 Å². The van der Waals surface area contributed by atoms with E-state index in [1.54, 1.807) is 7.11 Å². The summed E-state index contributed by atoms with van der Waals surface area (Å²) in [5.74, 6) is 0.526. The van der Waals surface area contributed by atoms with Gasteiger partial charge in [0.05, 0.1) is 18.8 Å². The average molecular weight is 243 g/mol. The van der Waals surface area contributed by atoms with Crippen molar-refractivity contribution in [2.24, 2.45) is 0 Å². The second-order valence-electron chi connectivity index (χ2n) is 4.08. The molecular weight excluding hydrogens is 226 g/mol. The molecular formula is C14H17N3O. The van der Waals surface area contributed by atoms with E-state index in [0.717, 1.165) is 5.69 Å². The predicted octanol–water partition coefficient (Wildman–Crippen LogP) is 2.10. The molecule has 4 heteroatoms. The van der Waals surface area contributed by atoms with Gasteiger partial charge in [-0.15, -0.1) is 10.2 Å². The molecule has 1 aromatic carbocycles. The first-order chi connectivity index (χ1) is 8.76. The van der Waals surface area contributed by atoms with Crippen molar-refractivity contribution in [1.82, 2.24) is 15.5 Å². The van der Waals surface area contributed by atoms with Gasteiger partial charge in [0, 0.05) is 6.07 Å². The molecule has 94 valence electrons. The van der Waals surface area contributed by atoms with Crippen LogP contribution in [0.15, 0.2) is 36.4 Å². The van der Waals surface area contributed by atoms with Gasteiger partial charge in [-0.1, -0.05) is 24.3 Å². The molecule has 0 aliphatic rings. The number of rotatable bonds is 4. The second kappa shape index (κ2) is 5.60. The lowest BCUT2D eigenvalue weighted by Gasteiger charge is -2.17. The molecule has 0 aliphatic heterocycles. The van der Waals surface area contributed by atoms with Crippen LogP contribution >= 0.6 is 0 Å². The molecule has 18 heavy (non-hydrogen) atoms. The number of hydrogen-bond acceptors (Lipinski definition) is 4. The van der Waals surface area contributed by atoms with Crippen LogP contribution in [0.25, 0.3) is 0 Å². The number of benzene rings is 1. The number of ether oxygens (including phenoxy) is 1. The first kappa shape index (κ1) is 12.5. The molecule has 1 N–H and O–H groups in total. The van der Waals surface area contributed by atoms with Crippen LogP contribution in [-0.2, 0) is 0 Å². The minimum atomic E-state index is 0.0459. The van der Waals surface area contributed by atoms with Crippen molar-refractivity contribution in [3.8, 4) is 5.88 Å². The molecule has 1 aromatic heterocycles. The fraction of sp³-hybridized carbons (Fsp3) is 0.286. The van der Waals surface area contributed by atoms with E-state index in [9.17, 15) is 0 Å². The summed E-state index contributed by atoms with van der Waals surface area (Å²) in [6.45, 7) is 2.09. The van der Waals surface area contributed by atoms with Crippen molar-refractivity contribution in [3.63, 3.8) is 0 Å². The maximum absolute atomic E-state index is 5.02. The monoisotopic (exact) mass is 243 g/mol. The Balaban J connectivity index is 2.36. The zero-order valence-electron chi connectivity index (χ0n) is 10.8. The van der Waals surface area contributed by atoms with Crippen molar-refractivity contribution in [2.45, 2.75) is 13.0 Å². The molecule has 0 saturated heterocycles. The molecule has 0 aliphatic carbocycles. The Hall–Kier alpha value is -1.94. The largest absolute Gasteiger partial charge is 0.480 e. The highest BCUT2D eigenvalue weighted by Gasteiger charge is 2.15. The third-order valence-electron chi connectivity index (χ3n) is 2.95. The van der Waals surface area contributed by atoms with Crippen LogP contribution in [-0.4, -0.2) is 24.4 Å². The van der Waals surface area contributed by atoms with Gasteiger partial charge in [-0.3, -0.25) is 0 Å². The van der Waals surface area contributed by atoms with E-state index < -0.39 is 0 Å². The third kappa shape index (κ3) is 2.49. The highest BCUT2D eigenvalue weighted by Crippen LogP contribution is 2.23. The van der Waals surface area contributed by atoms with Crippen LogP contribution in [0.1, 0.15) is 22.9 Å². The smallest absolute Gasteiger partial charge is 0.233 e. The van der Waals surface area contributed by atoms with E-state index in [2.05, 4.69) is 34.6 Å². The summed E-state index contributed by atoms with van der Waals surface area (Å²) in [5, 5.41) is 11.5. The van der Waals surface area contributed by atoms with Crippen LogP contribution in [0, 0.1) is 6.92 Å². The molecule has 0 radical (unpaired) electrons. The van der Waals surface area contributed by atoms with Crippen molar-refractivity contribution in [3.05, 3.63) is 53.2 Å². The molecule has 1 atom stereocenters. The van der Waals surface area contributed by atoms with Gasteiger partial charge in [0.2, 0.25) is 5.88 Å². The standard InChI is InChI=1S/C14H17N3O/c1-10-6-4-5-7-11(10)14(15-2)12-8-9-13(18-3)17-16-12/h4-9,14-15H,1-3H3. The van der Waals surface area contributed by atoms with Gasteiger partial charge < -0.3 is 10.1 Å². The lowest BCUT2D eigenvalue weighted by molar-refractivity contribution is 0.390. The number of methoxy groups -OCH3 is 1. The SMILES string of the molecule is CNC(c1ccc(OC)nn1)c1ccccc1C. The van der Waals surface area contributed by atoms with Gasteiger partial charge in [0.15, 0.2) is 0 Å². The fourth-order valence-electron chi connectivity index (χ4n) is 1.97. The molecule has 2 rings (SSSR count). The Morgan fingerprint density at radius 2 is 1.89 bits per heavy atom. The Morgan fingerprint density at radius 1 is 1.11 bits per heavy atom. The number of aromatic nitrogens is 2. The minimum Gasteiger partial charge on any atom is -0.480 e. The summed E-state index contributed by atoms with van der Waals surface area (Å²) in [6, 6.07) is 12.1. The van der Waals surface area contributed by atoms with E-state index >= 15 is 0 Å². The summed E-state index contributed by atoms with van der Waals surface area (Å²) in [4.78, 5) is 0. The highest BCUT2D eigenvalue weighted by molar-refractivity contribution is 5.34. The normalized spacial score (nSPS) is 12.2. The average Bonchev–Trinajstić information content (AvgIpc) is 2.42. The zero-order valence-corrected chi connectivity index (χ0v) is 10.8. The summed E-state index contributed by atoms with van der Waals surface area (Å²) in [7, 11) is 3.50. The number of nitrogens with zero attached hydrogens (tertiary/aromatic N) is 2. The number of aryl methyl sites for hydroxylation is 1. The summed E-state index contributed by atoms with van der Waals surface area (Å²) in [5.41, 5.74) is 3.32. The van der Waals surface area contributed by atoms with Gasteiger partial charge >= 0.3 is 0 Å². The van der Waals surface area contributed by atoms with Crippen LogP contribution in [0.4, 0.5) is 0 Å². The van der Waals surface area contributed by atoms with E-state index in [0.29, 0.717) is 5.88 Å². The Labute approximate surface area is 107 Å². The van der Waals surface area contributed by atoms with Gasteiger partial charge in [-0.2, -0.15) is 0 Å². The molecule has 1 heterocycles. The van der Waals surface area contributed by atoms with Crippen LogP contribution in [0.2, 0.25) is 0 Å². The number of nitrogens with one attached hydrogen (secondary N) is 1. The Bertz CT molecular complexity index is 511. The molecule has 0 saturated carbocycles. The van der Waals surface area contributed by atoms with Crippen LogP contribution in [0.3, 0.4) is 0 Å². The lowest BCUT2D eigenvalue weighted by atomic mass is 9.99. The first-order valence-electron chi connectivity index (χ1n) is 5.86. The van der Waals surface area contributed by atoms with Crippen molar-refractivity contribution >= 4 is 0 Å². The molecule has 4 nitrogen and oxygen atoms in total. The van der Waals surface area contributed by atoms with Crippen LogP contribution < -0.4 is 10.1 Å². The second-order valence-corrected chi connectivity index (χ2v) is 4.08. The topological polar surface area (TPSA) is 47.0 Å². The Morgan fingerprint density at radius 3 is 2.44 bits per heavy atom. The predicted molar refractivity (Wildman–Crippen MR) is 70.7 cm³/mol. The van der Waals surface area contributed by atoms with Gasteiger partial charge in [0.1, 0.15) is 0 Å². The summed E-state index contributed by atoms with van der Waals surface area (Å²) >= 11 is 0.